The van der Waals surface area contributed by atoms with E-state index in [0.717, 1.165) is 12.2 Å². The van der Waals surface area contributed by atoms with E-state index >= 15 is 0 Å². The molecule has 2 aromatic carbocycles. The van der Waals surface area contributed by atoms with E-state index in [2.05, 4.69) is 46.4 Å². The normalized spacial score (nSPS) is 17.5. The van der Waals surface area contributed by atoms with E-state index < -0.39 is 0 Å². The summed E-state index contributed by atoms with van der Waals surface area (Å²) in [4.78, 5) is 12.4. The van der Waals surface area contributed by atoms with Crippen LogP contribution >= 0.6 is 35.0 Å². The molecule has 0 bridgehead atoms. The van der Waals surface area contributed by atoms with Gasteiger partial charge in [0, 0.05) is 17.5 Å². The van der Waals surface area contributed by atoms with Crippen molar-refractivity contribution in [2.45, 2.75) is 30.0 Å². The summed E-state index contributed by atoms with van der Waals surface area (Å²) in [7, 11) is 0. The number of amides is 1. The highest BCUT2D eigenvalue weighted by Gasteiger charge is 2.43. The van der Waals surface area contributed by atoms with Crippen LogP contribution in [0.1, 0.15) is 29.6 Å². The van der Waals surface area contributed by atoms with Gasteiger partial charge in [-0.1, -0.05) is 71.4 Å². The molecule has 30 heavy (non-hydrogen) atoms. The van der Waals surface area contributed by atoms with Crippen LogP contribution < -0.4 is 5.32 Å². The van der Waals surface area contributed by atoms with Crippen molar-refractivity contribution in [1.29, 1.82) is 0 Å². The molecule has 0 radical (unpaired) electrons. The van der Waals surface area contributed by atoms with Crippen LogP contribution in [-0.4, -0.2) is 26.4 Å². The van der Waals surface area contributed by atoms with E-state index in [-0.39, 0.29) is 11.7 Å². The van der Waals surface area contributed by atoms with E-state index in [0.29, 0.717) is 39.3 Å². The smallest absolute Gasteiger partial charge is 0.234 e. The SMILES string of the molecule is C=CCn1c(SCC(=O)Nc2cc(Cl)ccc2Cl)nnc1C1CC1c1ccccc1. The summed E-state index contributed by atoms with van der Waals surface area (Å²) in [6.07, 6.45) is 2.88. The number of nitrogens with zero attached hydrogens (tertiary/aromatic N) is 3. The Labute approximate surface area is 189 Å². The zero-order valence-electron chi connectivity index (χ0n) is 16.1. The van der Waals surface area contributed by atoms with E-state index in [9.17, 15) is 4.79 Å². The van der Waals surface area contributed by atoms with Crippen molar-refractivity contribution in [3.8, 4) is 0 Å². The van der Waals surface area contributed by atoms with Gasteiger partial charge >= 0.3 is 0 Å². The molecule has 0 spiro atoms. The van der Waals surface area contributed by atoms with E-state index in [4.69, 9.17) is 23.2 Å². The van der Waals surface area contributed by atoms with Crippen LogP contribution in [0, 0.1) is 0 Å². The molecule has 8 heteroatoms. The summed E-state index contributed by atoms with van der Waals surface area (Å²) in [5, 5.41) is 13.2. The van der Waals surface area contributed by atoms with Gasteiger partial charge in [0.1, 0.15) is 5.82 Å². The number of allylic oxidation sites excluding steroid dienone is 1. The number of hydrogen-bond acceptors (Lipinski definition) is 4. The molecular weight excluding hydrogens is 439 g/mol. The van der Waals surface area contributed by atoms with Gasteiger partial charge in [0.2, 0.25) is 5.91 Å². The first-order valence-corrected chi connectivity index (χ1v) is 11.3. The van der Waals surface area contributed by atoms with Crippen molar-refractivity contribution >= 4 is 46.6 Å². The van der Waals surface area contributed by atoms with Gasteiger partial charge in [-0.3, -0.25) is 4.79 Å². The minimum absolute atomic E-state index is 0.185. The number of benzene rings is 2. The molecule has 2 unspecified atom stereocenters. The van der Waals surface area contributed by atoms with Crippen molar-refractivity contribution in [1.82, 2.24) is 14.8 Å². The number of nitrogens with one attached hydrogen (secondary N) is 1. The van der Waals surface area contributed by atoms with E-state index in [1.54, 1.807) is 18.2 Å². The lowest BCUT2D eigenvalue weighted by atomic mass is 10.1. The lowest BCUT2D eigenvalue weighted by Gasteiger charge is -2.09. The van der Waals surface area contributed by atoms with Gasteiger partial charge in [-0.15, -0.1) is 16.8 Å². The number of rotatable bonds is 8. The molecule has 5 nitrogen and oxygen atoms in total. The van der Waals surface area contributed by atoms with Crippen LogP contribution in [0.5, 0.6) is 0 Å². The minimum Gasteiger partial charge on any atom is -0.324 e. The molecule has 154 valence electrons. The molecular formula is C22H20Cl2N4OS. The van der Waals surface area contributed by atoms with Gasteiger partial charge in [-0.2, -0.15) is 0 Å². The van der Waals surface area contributed by atoms with Gasteiger partial charge in [0.15, 0.2) is 5.16 Å². The number of carbonyl (C=O) groups excluding carboxylic acids is 1. The van der Waals surface area contributed by atoms with Gasteiger partial charge < -0.3 is 9.88 Å². The predicted octanol–water partition coefficient (Wildman–Crippen LogP) is 5.77. The Morgan fingerprint density at radius 2 is 2.00 bits per heavy atom. The summed E-state index contributed by atoms with van der Waals surface area (Å²) in [6.45, 7) is 4.45. The largest absolute Gasteiger partial charge is 0.324 e. The number of carbonyl (C=O) groups is 1. The maximum atomic E-state index is 12.4. The van der Waals surface area contributed by atoms with Crippen molar-refractivity contribution in [2.75, 3.05) is 11.1 Å². The fourth-order valence-electron chi connectivity index (χ4n) is 3.44. The fourth-order valence-corrected chi connectivity index (χ4v) is 4.53. The Hall–Kier alpha value is -2.28. The minimum atomic E-state index is -0.188. The van der Waals surface area contributed by atoms with Crippen LogP contribution in [0.15, 0.2) is 66.3 Å². The molecule has 0 saturated heterocycles. The summed E-state index contributed by atoms with van der Waals surface area (Å²) >= 11 is 13.4. The van der Waals surface area contributed by atoms with Gasteiger partial charge in [0.05, 0.1) is 16.5 Å². The van der Waals surface area contributed by atoms with Crippen molar-refractivity contribution < 1.29 is 4.79 Å². The topological polar surface area (TPSA) is 59.8 Å². The molecule has 4 rings (SSSR count). The highest BCUT2D eigenvalue weighted by molar-refractivity contribution is 7.99. The molecule has 1 N–H and O–H groups in total. The Kier molecular flexibility index (Phi) is 6.46. The fraction of sp³-hybridized carbons (Fsp3) is 0.227. The van der Waals surface area contributed by atoms with Crippen LogP contribution in [0.4, 0.5) is 5.69 Å². The van der Waals surface area contributed by atoms with Crippen molar-refractivity contribution in [2.24, 2.45) is 0 Å². The lowest BCUT2D eigenvalue weighted by molar-refractivity contribution is -0.113. The van der Waals surface area contributed by atoms with Crippen molar-refractivity contribution in [3.05, 3.63) is 82.6 Å². The zero-order chi connectivity index (χ0) is 21.1. The average Bonchev–Trinajstić information content (AvgIpc) is 3.44. The maximum Gasteiger partial charge on any atom is 0.234 e. The standard InChI is InChI=1S/C22H20Cl2N4OS/c1-2-10-28-21(17-12-16(17)14-6-4-3-5-7-14)26-27-22(28)30-13-20(29)25-19-11-15(23)8-9-18(19)24/h2-9,11,16-17H,1,10,12-13H2,(H,25,29). The second-order valence-electron chi connectivity index (χ2n) is 7.06. The molecule has 0 aliphatic heterocycles. The third-order valence-electron chi connectivity index (χ3n) is 4.94. The van der Waals surface area contributed by atoms with Crippen molar-refractivity contribution in [3.63, 3.8) is 0 Å². The quantitative estimate of drug-likeness (QED) is 0.343. The number of halogens is 2. The average molecular weight is 459 g/mol. The number of aromatic nitrogens is 3. The Morgan fingerprint density at radius 3 is 2.77 bits per heavy atom. The van der Waals surface area contributed by atoms with Crippen LogP contribution in [0.3, 0.4) is 0 Å². The van der Waals surface area contributed by atoms with E-state index in [1.165, 1.54) is 17.3 Å². The number of hydrogen-bond donors (Lipinski definition) is 1. The lowest BCUT2D eigenvalue weighted by Crippen LogP contribution is -2.15. The third-order valence-corrected chi connectivity index (χ3v) is 6.47. The summed E-state index contributed by atoms with van der Waals surface area (Å²) in [5.41, 5.74) is 1.81. The molecule has 1 saturated carbocycles. The predicted molar refractivity (Wildman–Crippen MR) is 123 cm³/mol. The maximum absolute atomic E-state index is 12.4. The molecule has 3 aromatic rings. The summed E-state index contributed by atoms with van der Waals surface area (Å²) in [6, 6.07) is 15.4. The molecule has 1 aromatic heterocycles. The molecule has 1 amide bonds. The third kappa shape index (κ3) is 4.72. The Bertz CT molecular complexity index is 1070. The Balaban J connectivity index is 1.43. The molecule has 1 fully saturated rings. The monoisotopic (exact) mass is 458 g/mol. The highest BCUT2D eigenvalue weighted by Crippen LogP contribution is 2.54. The van der Waals surface area contributed by atoms with Crippen LogP contribution in [-0.2, 0) is 11.3 Å². The summed E-state index contributed by atoms with van der Waals surface area (Å²) in [5.74, 6) is 1.75. The summed E-state index contributed by atoms with van der Waals surface area (Å²) < 4.78 is 2.05. The first kappa shape index (κ1) is 21.0. The molecule has 1 aliphatic rings. The zero-order valence-corrected chi connectivity index (χ0v) is 18.4. The number of anilines is 1. The van der Waals surface area contributed by atoms with Crippen LogP contribution in [0.2, 0.25) is 10.0 Å². The second kappa shape index (κ2) is 9.25. The molecule has 2 atom stereocenters. The first-order valence-electron chi connectivity index (χ1n) is 9.53. The van der Waals surface area contributed by atoms with E-state index in [1.807, 2.05) is 16.7 Å². The molecule has 1 heterocycles. The first-order chi connectivity index (χ1) is 14.6. The highest BCUT2D eigenvalue weighted by atomic mass is 35.5. The van der Waals surface area contributed by atoms with Gasteiger partial charge in [-0.25, -0.2) is 0 Å². The number of thioether (sulfide) groups is 1. The van der Waals surface area contributed by atoms with Crippen LogP contribution in [0.25, 0.3) is 0 Å². The Morgan fingerprint density at radius 1 is 1.20 bits per heavy atom. The van der Waals surface area contributed by atoms with Gasteiger partial charge in [-0.05, 0) is 36.1 Å². The molecule has 1 aliphatic carbocycles. The second-order valence-corrected chi connectivity index (χ2v) is 8.85. The van der Waals surface area contributed by atoms with Gasteiger partial charge in [0.25, 0.3) is 0 Å².